The van der Waals surface area contributed by atoms with Gasteiger partial charge in [-0.3, -0.25) is 4.79 Å². The van der Waals surface area contributed by atoms with Crippen molar-refractivity contribution in [2.45, 2.75) is 32.0 Å². The Morgan fingerprint density at radius 3 is 2.62 bits per heavy atom. The summed E-state index contributed by atoms with van der Waals surface area (Å²) >= 11 is 0. The number of carbonyl (C=O) groups excluding carboxylic acids is 2. The Kier molecular flexibility index (Phi) is 6.77. The molecule has 1 amide bonds. The summed E-state index contributed by atoms with van der Waals surface area (Å²) in [4.78, 5) is 24.3. The van der Waals surface area contributed by atoms with Crippen LogP contribution in [0.4, 0.5) is 14.5 Å². The molecule has 2 aromatic rings. The summed E-state index contributed by atoms with van der Waals surface area (Å²) < 4.78 is 42.8. The van der Waals surface area contributed by atoms with Crippen LogP contribution in [-0.2, 0) is 14.3 Å². The summed E-state index contributed by atoms with van der Waals surface area (Å²) in [6, 6.07) is 9.06. The Morgan fingerprint density at radius 2 is 1.97 bits per heavy atom. The van der Waals surface area contributed by atoms with Gasteiger partial charge >= 0.3 is 5.97 Å². The lowest BCUT2D eigenvalue weighted by Crippen LogP contribution is -2.30. The number of nitrogens with one attached hydrogen (secondary N) is 1. The van der Waals surface area contributed by atoms with Gasteiger partial charge in [0, 0.05) is 12.7 Å². The summed E-state index contributed by atoms with van der Waals surface area (Å²) in [6.07, 6.45) is 0.900. The maximum absolute atomic E-state index is 13.6. The monoisotopic (exact) mass is 405 g/mol. The Hall–Kier alpha value is -3.00. The van der Waals surface area contributed by atoms with Crippen LogP contribution in [0.25, 0.3) is 0 Å². The largest absolute Gasteiger partial charge is 0.491 e. The lowest BCUT2D eigenvalue weighted by molar-refractivity contribution is -0.123. The molecule has 1 heterocycles. The molecule has 6 nitrogen and oxygen atoms in total. The van der Waals surface area contributed by atoms with Crippen molar-refractivity contribution in [3.05, 3.63) is 59.7 Å². The number of hydrogen-bond donors (Lipinski definition) is 1. The van der Waals surface area contributed by atoms with E-state index in [1.165, 1.54) is 19.1 Å². The van der Waals surface area contributed by atoms with E-state index in [1.807, 2.05) is 0 Å². The van der Waals surface area contributed by atoms with Gasteiger partial charge in [-0.25, -0.2) is 13.6 Å². The van der Waals surface area contributed by atoms with Crippen molar-refractivity contribution in [1.82, 2.24) is 0 Å². The predicted molar refractivity (Wildman–Crippen MR) is 101 cm³/mol. The third-order valence-electron chi connectivity index (χ3n) is 4.39. The van der Waals surface area contributed by atoms with Gasteiger partial charge in [0.1, 0.15) is 24.0 Å². The molecule has 0 aliphatic carbocycles. The average molecular weight is 405 g/mol. The van der Waals surface area contributed by atoms with Crippen LogP contribution in [0, 0.1) is 11.6 Å². The molecule has 0 aromatic heterocycles. The second-order valence-corrected chi connectivity index (χ2v) is 6.63. The van der Waals surface area contributed by atoms with Gasteiger partial charge in [-0.1, -0.05) is 0 Å². The molecule has 1 saturated heterocycles. The molecule has 1 aliphatic rings. The second-order valence-electron chi connectivity index (χ2n) is 6.63. The van der Waals surface area contributed by atoms with Gasteiger partial charge in [0.2, 0.25) is 0 Å². The fourth-order valence-corrected chi connectivity index (χ4v) is 2.76. The van der Waals surface area contributed by atoms with Gasteiger partial charge in [0.25, 0.3) is 5.91 Å². The van der Waals surface area contributed by atoms with E-state index < -0.39 is 29.6 Å². The quantitative estimate of drug-likeness (QED) is 0.711. The molecule has 2 aromatic carbocycles. The lowest BCUT2D eigenvalue weighted by Gasteiger charge is -2.14. The van der Waals surface area contributed by atoms with Crippen molar-refractivity contribution < 1.29 is 32.6 Å². The van der Waals surface area contributed by atoms with Gasteiger partial charge < -0.3 is 19.5 Å². The predicted octanol–water partition coefficient (Wildman–Crippen LogP) is 3.71. The van der Waals surface area contributed by atoms with E-state index in [1.54, 1.807) is 12.1 Å². The summed E-state index contributed by atoms with van der Waals surface area (Å²) in [5.74, 6) is -2.54. The Balaban J connectivity index is 1.51. The number of esters is 1. The van der Waals surface area contributed by atoms with Gasteiger partial charge in [-0.15, -0.1) is 0 Å². The molecule has 3 rings (SSSR count). The maximum atomic E-state index is 13.6. The number of amides is 1. The zero-order chi connectivity index (χ0) is 20.8. The normalized spacial score (nSPS) is 16.9. The molecule has 1 N–H and O–H groups in total. The third kappa shape index (κ3) is 5.74. The fourth-order valence-electron chi connectivity index (χ4n) is 2.76. The summed E-state index contributed by atoms with van der Waals surface area (Å²) in [5, 5.41) is 2.26. The van der Waals surface area contributed by atoms with Crippen LogP contribution >= 0.6 is 0 Å². The van der Waals surface area contributed by atoms with E-state index in [9.17, 15) is 18.4 Å². The number of halogens is 2. The number of hydrogen-bond acceptors (Lipinski definition) is 5. The van der Waals surface area contributed by atoms with Crippen LogP contribution in [0.5, 0.6) is 5.75 Å². The maximum Gasteiger partial charge on any atom is 0.338 e. The van der Waals surface area contributed by atoms with Crippen LogP contribution in [0.2, 0.25) is 0 Å². The van der Waals surface area contributed by atoms with Gasteiger partial charge in [-0.2, -0.15) is 0 Å². The smallest absolute Gasteiger partial charge is 0.338 e. The molecule has 0 spiro atoms. The summed E-state index contributed by atoms with van der Waals surface area (Å²) in [7, 11) is 0. The molecular weight excluding hydrogens is 384 g/mol. The van der Waals surface area contributed by atoms with Crippen LogP contribution in [-0.4, -0.2) is 37.3 Å². The first-order chi connectivity index (χ1) is 13.9. The van der Waals surface area contributed by atoms with Crippen molar-refractivity contribution in [3.63, 3.8) is 0 Å². The van der Waals surface area contributed by atoms with Gasteiger partial charge in [0.05, 0.1) is 17.4 Å². The minimum atomic E-state index is -1.18. The summed E-state index contributed by atoms with van der Waals surface area (Å²) in [6.45, 7) is 2.55. The number of rotatable bonds is 7. The van der Waals surface area contributed by atoms with Gasteiger partial charge in [-0.05, 0) is 56.2 Å². The number of carbonyl (C=O) groups is 2. The number of anilines is 1. The first-order valence-corrected chi connectivity index (χ1v) is 9.24. The summed E-state index contributed by atoms with van der Waals surface area (Å²) in [5.41, 5.74) is 0.0362. The third-order valence-corrected chi connectivity index (χ3v) is 4.39. The van der Waals surface area contributed by atoms with Crippen molar-refractivity contribution in [2.24, 2.45) is 0 Å². The van der Waals surface area contributed by atoms with Crippen LogP contribution in [0.3, 0.4) is 0 Å². The molecule has 0 radical (unpaired) electrons. The molecule has 0 bridgehead atoms. The van der Waals surface area contributed by atoms with E-state index in [-0.39, 0.29) is 17.4 Å². The average Bonchev–Trinajstić information content (AvgIpc) is 3.22. The highest BCUT2D eigenvalue weighted by Gasteiger charge is 2.21. The zero-order valence-electron chi connectivity index (χ0n) is 15.8. The van der Waals surface area contributed by atoms with E-state index in [4.69, 9.17) is 14.2 Å². The Labute approximate surface area is 166 Å². The molecule has 29 heavy (non-hydrogen) atoms. The Morgan fingerprint density at radius 1 is 1.21 bits per heavy atom. The van der Waals surface area contributed by atoms with E-state index in [0.717, 1.165) is 31.6 Å². The standard InChI is InChI=1S/C21H21F2NO5/c1-13(20(25)24-19-9-6-15(22)11-18(19)23)29-21(26)14-4-7-16(8-5-14)28-12-17-3-2-10-27-17/h4-9,11,13,17H,2-3,10,12H2,1H3,(H,24,25)/t13-,17-/m0/s1. The van der Waals surface area contributed by atoms with Crippen LogP contribution in [0.1, 0.15) is 30.1 Å². The topological polar surface area (TPSA) is 73.9 Å². The van der Waals surface area contributed by atoms with E-state index in [0.29, 0.717) is 18.4 Å². The number of ether oxygens (including phenoxy) is 3. The first-order valence-electron chi connectivity index (χ1n) is 9.24. The van der Waals surface area contributed by atoms with Crippen molar-refractivity contribution >= 4 is 17.6 Å². The molecule has 154 valence electrons. The van der Waals surface area contributed by atoms with Crippen molar-refractivity contribution in [1.29, 1.82) is 0 Å². The molecule has 1 fully saturated rings. The van der Waals surface area contributed by atoms with Gasteiger partial charge in [0.15, 0.2) is 6.10 Å². The number of benzene rings is 2. The van der Waals surface area contributed by atoms with Crippen molar-refractivity contribution in [2.75, 3.05) is 18.5 Å². The minimum absolute atomic E-state index is 0.0879. The molecule has 0 saturated carbocycles. The highest BCUT2D eigenvalue weighted by Crippen LogP contribution is 2.18. The Bertz CT molecular complexity index is 866. The molecule has 8 heteroatoms. The highest BCUT2D eigenvalue weighted by molar-refractivity contribution is 5.97. The molecular formula is C21H21F2NO5. The second kappa shape index (κ2) is 9.47. The van der Waals surface area contributed by atoms with E-state index >= 15 is 0 Å². The zero-order valence-corrected chi connectivity index (χ0v) is 15.8. The minimum Gasteiger partial charge on any atom is -0.491 e. The fraction of sp³-hybridized carbons (Fsp3) is 0.333. The molecule has 2 atom stereocenters. The van der Waals surface area contributed by atoms with E-state index in [2.05, 4.69) is 5.32 Å². The van der Waals surface area contributed by atoms with Crippen LogP contribution in [0.15, 0.2) is 42.5 Å². The molecule has 1 aliphatic heterocycles. The first kappa shape index (κ1) is 20.7. The van der Waals surface area contributed by atoms with Crippen LogP contribution < -0.4 is 10.1 Å². The van der Waals surface area contributed by atoms with Crippen molar-refractivity contribution in [3.8, 4) is 5.75 Å². The highest BCUT2D eigenvalue weighted by atomic mass is 19.1. The lowest BCUT2D eigenvalue weighted by atomic mass is 10.2. The molecule has 0 unspecified atom stereocenters. The SMILES string of the molecule is C[C@H](OC(=O)c1ccc(OC[C@@H]2CCCO2)cc1)C(=O)Nc1ccc(F)cc1F.